The molecule has 8 rings (SSSR count). The van der Waals surface area contributed by atoms with E-state index >= 15 is 4.39 Å². The van der Waals surface area contributed by atoms with Gasteiger partial charge >= 0.3 is 6.01 Å². The van der Waals surface area contributed by atoms with Crippen LogP contribution in [0.5, 0.6) is 6.01 Å². The largest absolute Gasteiger partial charge is 0.461 e. The van der Waals surface area contributed by atoms with Gasteiger partial charge in [-0.15, -0.1) is 6.42 Å². The molecule has 4 atom stereocenters. The highest BCUT2D eigenvalue weighted by molar-refractivity contribution is 6.02. The first-order valence-corrected chi connectivity index (χ1v) is 15.5. The summed E-state index contributed by atoms with van der Waals surface area (Å²) in [5.41, 5.74) is 1.50. The predicted molar refractivity (Wildman–Crippen MR) is 169 cm³/mol. The number of nitrogens with one attached hydrogen (secondary N) is 1. The summed E-state index contributed by atoms with van der Waals surface area (Å²) in [5.74, 6) is 1.88. The van der Waals surface area contributed by atoms with E-state index in [0.717, 1.165) is 57.4 Å². The number of aromatic nitrogens is 3. The second-order valence-corrected chi connectivity index (χ2v) is 12.9. The molecule has 0 saturated carbocycles. The Hall–Kier alpha value is -4.17. The van der Waals surface area contributed by atoms with Crippen LogP contribution in [0, 0.1) is 24.0 Å². The van der Waals surface area contributed by atoms with Crippen molar-refractivity contribution in [1.82, 2.24) is 25.2 Å². The molecule has 1 N–H and O–H groups in total. The molecule has 4 fully saturated rings. The zero-order valence-corrected chi connectivity index (χ0v) is 25.2. The number of benzene rings is 2. The van der Waals surface area contributed by atoms with Crippen LogP contribution in [0.2, 0.25) is 0 Å². The van der Waals surface area contributed by atoms with Crippen molar-refractivity contribution >= 4 is 27.5 Å². The molecule has 6 heterocycles. The number of terminal acetylenes is 1. The number of fused-ring (bicyclic) bond motifs is 5. The topological polar surface area (TPSA) is 75.6 Å². The van der Waals surface area contributed by atoms with E-state index in [2.05, 4.69) is 37.6 Å². The highest BCUT2D eigenvalue weighted by Gasteiger charge is 2.50. The van der Waals surface area contributed by atoms with Gasteiger partial charge in [0.1, 0.15) is 29.5 Å². The Kier molecular flexibility index (Phi) is 6.75. The second-order valence-electron chi connectivity index (χ2n) is 12.9. The van der Waals surface area contributed by atoms with Gasteiger partial charge in [0.05, 0.1) is 22.6 Å². The predicted octanol–water partition coefficient (Wildman–Crippen LogP) is 4.84. The van der Waals surface area contributed by atoms with Crippen LogP contribution >= 0.6 is 0 Å². The monoisotopic (exact) mass is 608 g/mol. The van der Waals surface area contributed by atoms with Crippen molar-refractivity contribution in [3.63, 3.8) is 0 Å². The fraction of sp³-hybridized carbons (Fsp3) is 0.400. The Morgan fingerprint density at radius 2 is 1.96 bits per heavy atom. The van der Waals surface area contributed by atoms with Gasteiger partial charge < -0.3 is 19.7 Å². The van der Waals surface area contributed by atoms with Crippen molar-refractivity contribution in [2.75, 3.05) is 44.8 Å². The second kappa shape index (κ2) is 10.7. The smallest absolute Gasteiger partial charge is 0.319 e. The van der Waals surface area contributed by atoms with Crippen LogP contribution in [0.4, 0.5) is 14.6 Å². The molecule has 8 nitrogen and oxygen atoms in total. The van der Waals surface area contributed by atoms with Gasteiger partial charge in [0.15, 0.2) is 5.82 Å². The molecule has 0 aliphatic carbocycles. The normalized spacial score (nSPS) is 26.1. The minimum atomic E-state index is -0.631. The van der Waals surface area contributed by atoms with Gasteiger partial charge in [-0.25, -0.2) is 8.78 Å². The average Bonchev–Trinajstić information content (AvgIpc) is 3.67. The summed E-state index contributed by atoms with van der Waals surface area (Å²) < 4.78 is 43.7. The van der Waals surface area contributed by atoms with E-state index in [-0.39, 0.29) is 34.4 Å². The number of methoxy groups -OCH3 is 1. The zero-order valence-electron chi connectivity index (χ0n) is 25.2. The molecule has 0 amide bonds. The van der Waals surface area contributed by atoms with Crippen LogP contribution in [0.25, 0.3) is 32.9 Å². The third-order valence-corrected chi connectivity index (χ3v) is 10.1. The van der Waals surface area contributed by atoms with E-state index < -0.39 is 11.6 Å². The third kappa shape index (κ3) is 4.64. The molecular weight excluding hydrogens is 574 g/mol. The molecule has 10 heteroatoms. The summed E-state index contributed by atoms with van der Waals surface area (Å²) in [6.07, 6.45) is 11.2. The molecule has 2 aromatic heterocycles. The van der Waals surface area contributed by atoms with Crippen LogP contribution in [0.3, 0.4) is 0 Å². The molecule has 4 aliphatic rings. The van der Waals surface area contributed by atoms with Crippen LogP contribution in [-0.2, 0) is 4.74 Å². The van der Waals surface area contributed by atoms with E-state index in [9.17, 15) is 4.39 Å². The molecule has 4 aromatic rings. The lowest BCUT2D eigenvalue weighted by atomic mass is 9.93. The lowest BCUT2D eigenvalue weighted by Gasteiger charge is -2.34. The summed E-state index contributed by atoms with van der Waals surface area (Å²) in [6, 6.07) is 9.06. The number of piperazine rings is 1. The van der Waals surface area contributed by atoms with Gasteiger partial charge in [0.25, 0.3) is 0 Å². The van der Waals surface area contributed by atoms with Crippen LogP contribution in [0.1, 0.15) is 31.2 Å². The number of ether oxygens (including phenoxy) is 2. The Labute approximate surface area is 260 Å². The summed E-state index contributed by atoms with van der Waals surface area (Å²) in [6.45, 7) is 7.66. The molecule has 45 heavy (non-hydrogen) atoms. The SMILES string of the molecule is C#Cc1c(F)ccc2cccc(-c3ncc4c(N5CC6CCC(C5)N6)nc(OC[C@]56CC(=C)CN5C[C@H](OC)C6)nc4c3F)c12. The Bertz CT molecular complexity index is 1900. The van der Waals surface area contributed by atoms with Gasteiger partial charge in [-0.05, 0) is 37.1 Å². The highest BCUT2D eigenvalue weighted by atomic mass is 19.1. The number of nitrogens with zero attached hydrogens (tertiary/aromatic N) is 5. The average molecular weight is 609 g/mol. The van der Waals surface area contributed by atoms with Gasteiger partial charge in [-0.1, -0.05) is 42.3 Å². The molecule has 2 aromatic carbocycles. The molecule has 2 unspecified atom stereocenters. The van der Waals surface area contributed by atoms with E-state index in [1.165, 1.54) is 6.07 Å². The summed E-state index contributed by atoms with van der Waals surface area (Å²) in [4.78, 5) is 18.7. The fourth-order valence-electron chi connectivity index (χ4n) is 8.00. The Morgan fingerprint density at radius 3 is 2.73 bits per heavy atom. The first kappa shape index (κ1) is 28.3. The van der Waals surface area contributed by atoms with Gasteiger partial charge in [0.2, 0.25) is 0 Å². The molecule has 0 spiro atoms. The van der Waals surface area contributed by atoms with E-state index in [1.54, 1.807) is 31.5 Å². The molecule has 2 bridgehead atoms. The Balaban J connectivity index is 1.25. The first-order chi connectivity index (χ1) is 21.9. The zero-order chi connectivity index (χ0) is 30.9. The molecule has 4 saturated heterocycles. The number of halogens is 2. The van der Waals surface area contributed by atoms with Crippen molar-refractivity contribution in [2.45, 2.75) is 49.4 Å². The van der Waals surface area contributed by atoms with Gasteiger partial charge in [-0.2, -0.15) is 9.97 Å². The number of hydrogen-bond acceptors (Lipinski definition) is 8. The van der Waals surface area contributed by atoms with Gasteiger partial charge in [0, 0.05) is 62.5 Å². The van der Waals surface area contributed by atoms with Crippen molar-refractivity contribution in [1.29, 1.82) is 0 Å². The number of pyridine rings is 1. The lowest BCUT2D eigenvalue weighted by molar-refractivity contribution is 0.101. The maximum atomic E-state index is 16.8. The fourth-order valence-corrected chi connectivity index (χ4v) is 8.00. The minimum absolute atomic E-state index is 0.0433. The van der Waals surface area contributed by atoms with Crippen LogP contribution in [-0.4, -0.2) is 83.5 Å². The first-order valence-electron chi connectivity index (χ1n) is 15.5. The summed E-state index contributed by atoms with van der Waals surface area (Å²) >= 11 is 0. The third-order valence-electron chi connectivity index (χ3n) is 10.1. The summed E-state index contributed by atoms with van der Waals surface area (Å²) in [7, 11) is 1.74. The highest BCUT2D eigenvalue weighted by Crippen LogP contribution is 2.43. The van der Waals surface area contributed by atoms with Crippen LogP contribution < -0.4 is 15.0 Å². The minimum Gasteiger partial charge on any atom is -0.461 e. The van der Waals surface area contributed by atoms with Crippen molar-refractivity contribution in [3.8, 4) is 29.6 Å². The number of anilines is 1. The van der Waals surface area contributed by atoms with Gasteiger partial charge in [-0.3, -0.25) is 9.88 Å². The molecular formula is C35H34F2N6O2. The Morgan fingerprint density at radius 1 is 1.13 bits per heavy atom. The molecule has 0 radical (unpaired) electrons. The van der Waals surface area contributed by atoms with E-state index in [1.807, 2.05) is 6.07 Å². The van der Waals surface area contributed by atoms with Crippen LogP contribution in [0.15, 0.2) is 48.7 Å². The number of rotatable bonds is 6. The van der Waals surface area contributed by atoms with E-state index in [0.29, 0.717) is 46.2 Å². The van der Waals surface area contributed by atoms with Crippen molar-refractivity contribution < 1.29 is 18.3 Å². The number of hydrogen-bond donors (Lipinski definition) is 1. The molecule has 230 valence electrons. The molecule has 4 aliphatic heterocycles. The van der Waals surface area contributed by atoms with Crippen molar-refractivity contribution in [3.05, 3.63) is 65.9 Å². The lowest BCUT2D eigenvalue weighted by Crippen LogP contribution is -2.51. The quantitative estimate of drug-likeness (QED) is 0.246. The maximum absolute atomic E-state index is 16.8. The maximum Gasteiger partial charge on any atom is 0.319 e. The van der Waals surface area contributed by atoms with E-state index in [4.69, 9.17) is 20.9 Å². The van der Waals surface area contributed by atoms with Crippen molar-refractivity contribution in [2.24, 2.45) is 0 Å². The standard InChI is InChI=1S/C35H34F2N6O2/c1-4-25-28(36)11-8-21-6-5-7-26(29(21)25)31-30(37)32-27(14-38-31)33(42-16-22-9-10-23(17-42)39-22)41-34(40-32)45-19-35-12-20(2)15-43(35)18-24(13-35)44-3/h1,5-8,11,14,22-24,39H,2,9-10,12-13,15-19H2,3H3/t22?,23?,24-,35-/m1/s1. The summed E-state index contributed by atoms with van der Waals surface area (Å²) in [5, 5.41) is 5.28.